The van der Waals surface area contributed by atoms with Gasteiger partial charge < -0.3 is 10.0 Å². The number of aryl methyl sites for hydroxylation is 1. The Kier molecular flexibility index (Phi) is 4.31. The van der Waals surface area contributed by atoms with Crippen molar-refractivity contribution in [1.29, 1.82) is 0 Å². The number of carbonyl (C=O) groups is 2. The Morgan fingerprint density at radius 1 is 1.26 bits per heavy atom. The minimum atomic E-state index is -3.65. The minimum absolute atomic E-state index is 0.0103. The van der Waals surface area contributed by atoms with Gasteiger partial charge in [0, 0.05) is 24.7 Å². The summed E-state index contributed by atoms with van der Waals surface area (Å²) < 4.78 is 27.6. The number of likely N-dealkylation sites (tertiary alicyclic amines) is 1. The van der Waals surface area contributed by atoms with Crippen LogP contribution in [-0.2, 0) is 14.8 Å². The molecular formula is C19H24N2O5S. The molecule has 0 bridgehead atoms. The molecule has 1 aliphatic heterocycles. The van der Waals surface area contributed by atoms with Gasteiger partial charge in [0.2, 0.25) is 10.0 Å². The third-order valence-corrected chi connectivity index (χ3v) is 7.75. The second-order valence-corrected chi connectivity index (χ2v) is 9.82. The summed E-state index contributed by atoms with van der Waals surface area (Å²) in [4.78, 5) is 26.6. The largest absolute Gasteiger partial charge is 0.481 e. The van der Waals surface area contributed by atoms with E-state index in [4.69, 9.17) is 0 Å². The van der Waals surface area contributed by atoms with Crippen LogP contribution in [-0.4, -0.2) is 49.4 Å². The van der Waals surface area contributed by atoms with E-state index < -0.39 is 21.4 Å². The lowest BCUT2D eigenvalue weighted by Gasteiger charge is -2.23. The fourth-order valence-electron chi connectivity index (χ4n) is 4.45. The first-order valence-electron chi connectivity index (χ1n) is 9.38. The predicted octanol–water partition coefficient (Wildman–Crippen LogP) is 1.76. The molecule has 0 spiro atoms. The van der Waals surface area contributed by atoms with Crippen LogP contribution in [0.15, 0.2) is 23.1 Å². The van der Waals surface area contributed by atoms with E-state index in [1.165, 1.54) is 12.1 Å². The van der Waals surface area contributed by atoms with Crippen LogP contribution in [0.25, 0.3) is 0 Å². The number of fused-ring (bicyclic) bond motifs is 1. The van der Waals surface area contributed by atoms with Gasteiger partial charge in [0.1, 0.15) is 0 Å². The van der Waals surface area contributed by atoms with Gasteiger partial charge in [-0.15, -0.1) is 0 Å². The van der Waals surface area contributed by atoms with Gasteiger partial charge >= 0.3 is 5.97 Å². The molecule has 146 valence electrons. The van der Waals surface area contributed by atoms with Gasteiger partial charge in [0.15, 0.2) is 0 Å². The van der Waals surface area contributed by atoms with Gasteiger partial charge in [-0.3, -0.25) is 9.59 Å². The van der Waals surface area contributed by atoms with Crippen LogP contribution in [0.2, 0.25) is 0 Å². The Hall–Kier alpha value is -1.93. The van der Waals surface area contributed by atoms with Crippen molar-refractivity contribution in [2.24, 2.45) is 11.3 Å². The highest BCUT2D eigenvalue weighted by atomic mass is 32.2. The molecule has 0 radical (unpaired) electrons. The lowest BCUT2D eigenvalue weighted by atomic mass is 9.81. The molecule has 2 saturated carbocycles. The van der Waals surface area contributed by atoms with Gasteiger partial charge in [-0.1, -0.05) is 12.5 Å². The summed E-state index contributed by atoms with van der Waals surface area (Å²) in [5, 5.41) is 9.71. The Morgan fingerprint density at radius 2 is 2.00 bits per heavy atom. The first kappa shape index (κ1) is 18.4. The van der Waals surface area contributed by atoms with E-state index in [2.05, 4.69) is 4.72 Å². The van der Waals surface area contributed by atoms with Crippen molar-refractivity contribution in [2.75, 3.05) is 13.1 Å². The SMILES string of the molecule is Cc1ccc(S(=O)(=O)NC2CC2)cc1C(=O)N1C[C@@H]2CCC[C@@]2(C(=O)O)C1. The molecular weight excluding hydrogens is 368 g/mol. The number of sulfonamides is 1. The van der Waals surface area contributed by atoms with Crippen LogP contribution in [0.5, 0.6) is 0 Å². The summed E-state index contributed by atoms with van der Waals surface area (Å²) >= 11 is 0. The zero-order valence-electron chi connectivity index (χ0n) is 15.3. The predicted molar refractivity (Wildman–Crippen MR) is 97.8 cm³/mol. The van der Waals surface area contributed by atoms with E-state index in [1.807, 2.05) is 0 Å². The number of carboxylic acid groups (broad SMARTS) is 1. The molecule has 2 aliphatic carbocycles. The van der Waals surface area contributed by atoms with Gasteiger partial charge in [-0.25, -0.2) is 13.1 Å². The fourth-order valence-corrected chi connectivity index (χ4v) is 5.78. The molecule has 3 aliphatic rings. The highest BCUT2D eigenvalue weighted by Gasteiger charge is 2.55. The van der Waals surface area contributed by atoms with E-state index in [-0.39, 0.29) is 29.3 Å². The smallest absolute Gasteiger partial charge is 0.311 e. The Balaban J connectivity index is 1.61. The minimum Gasteiger partial charge on any atom is -0.481 e. The zero-order chi connectivity index (χ0) is 19.4. The molecule has 1 aromatic rings. The molecule has 1 aromatic carbocycles. The number of aliphatic carboxylic acids is 1. The molecule has 1 saturated heterocycles. The average Bonchev–Trinajstić information content (AvgIpc) is 3.17. The van der Waals surface area contributed by atoms with E-state index in [0.29, 0.717) is 24.1 Å². The number of rotatable bonds is 5. The molecule has 8 heteroatoms. The topological polar surface area (TPSA) is 104 Å². The Morgan fingerprint density at radius 3 is 2.63 bits per heavy atom. The van der Waals surface area contributed by atoms with Crippen molar-refractivity contribution in [1.82, 2.24) is 9.62 Å². The van der Waals surface area contributed by atoms with Crippen LogP contribution in [0.4, 0.5) is 0 Å². The number of amides is 1. The van der Waals surface area contributed by atoms with Crippen molar-refractivity contribution in [2.45, 2.75) is 50.0 Å². The first-order chi connectivity index (χ1) is 12.7. The second kappa shape index (κ2) is 6.31. The van der Waals surface area contributed by atoms with Crippen LogP contribution in [0, 0.1) is 18.3 Å². The van der Waals surface area contributed by atoms with Crippen LogP contribution in [0.3, 0.4) is 0 Å². The maximum atomic E-state index is 13.1. The van der Waals surface area contributed by atoms with Crippen molar-refractivity contribution < 1.29 is 23.1 Å². The Bertz CT molecular complexity index is 909. The molecule has 27 heavy (non-hydrogen) atoms. The lowest BCUT2D eigenvalue weighted by molar-refractivity contribution is -0.149. The van der Waals surface area contributed by atoms with Crippen LogP contribution >= 0.6 is 0 Å². The van der Waals surface area contributed by atoms with Crippen molar-refractivity contribution in [3.05, 3.63) is 29.3 Å². The monoisotopic (exact) mass is 392 g/mol. The number of hydrogen-bond acceptors (Lipinski definition) is 4. The van der Waals surface area contributed by atoms with Gasteiger partial charge in [-0.05, 0) is 56.2 Å². The average molecular weight is 392 g/mol. The third kappa shape index (κ3) is 3.14. The highest BCUT2D eigenvalue weighted by molar-refractivity contribution is 7.89. The molecule has 1 amide bonds. The molecule has 0 aromatic heterocycles. The molecule has 7 nitrogen and oxygen atoms in total. The number of nitrogens with one attached hydrogen (secondary N) is 1. The van der Waals surface area contributed by atoms with Gasteiger partial charge in [0.05, 0.1) is 10.3 Å². The van der Waals surface area contributed by atoms with Gasteiger partial charge in [-0.2, -0.15) is 0 Å². The molecule has 3 fully saturated rings. The quantitative estimate of drug-likeness (QED) is 0.795. The number of carboxylic acids is 1. The summed E-state index contributed by atoms with van der Waals surface area (Å²) in [5.41, 5.74) is 0.168. The summed E-state index contributed by atoms with van der Waals surface area (Å²) in [6.07, 6.45) is 3.95. The van der Waals surface area contributed by atoms with Crippen molar-refractivity contribution in [3.8, 4) is 0 Å². The lowest BCUT2D eigenvalue weighted by Crippen LogP contribution is -2.37. The first-order valence-corrected chi connectivity index (χ1v) is 10.9. The third-order valence-electron chi connectivity index (χ3n) is 6.23. The van der Waals surface area contributed by atoms with E-state index in [1.54, 1.807) is 17.9 Å². The molecule has 1 heterocycles. The normalized spacial score (nSPS) is 27.6. The van der Waals surface area contributed by atoms with Crippen molar-refractivity contribution >= 4 is 21.9 Å². The number of benzene rings is 1. The molecule has 2 atom stereocenters. The number of hydrogen-bond donors (Lipinski definition) is 2. The maximum absolute atomic E-state index is 13.1. The highest BCUT2D eigenvalue weighted by Crippen LogP contribution is 2.49. The van der Waals surface area contributed by atoms with Crippen molar-refractivity contribution in [3.63, 3.8) is 0 Å². The van der Waals surface area contributed by atoms with E-state index in [9.17, 15) is 23.1 Å². The molecule has 2 N–H and O–H groups in total. The van der Waals surface area contributed by atoms with E-state index >= 15 is 0 Å². The Labute approximate surface area is 158 Å². The molecule has 4 rings (SSSR count). The number of carbonyl (C=O) groups excluding carboxylic acids is 1. The zero-order valence-corrected chi connectivity index (χ0v) is 16.1. The van der Waals surface area contributed by atoms with Gasteiger partial charge in [0.25, 0.3) is 5.91 Å². The number of nitrogens with zero attached hydrogens (tertiary/aromatic N) is 1. The fraction of sp³-hybridized carbons (Fsp3) is 0.579. The second-order valence-electron chi connectivity index (χ2n) is 8.11. The summed E-state index contributed by atoms with van der Waals surface area (Å²) in [5.74, 6) is -1.14. The maximum Gasteiger partial charge on any atom is 0.311 e. The summed E-state index contributed by atoms with van der Waals surface area (Å²) in [7, 11) is -3.65. The summed E-state index contributed by atoms with van der Waals surface area (Å²) in [6, 6.07) is 4.56. The standard InChI is InChI=1S/C19H24N2O5S/c1-12-4-7-15(27(25,26)20-14-5-6-14)9-16(12)17(22)21-10-13-3-2-8-19(13,11-21)18(23)24/h4,7,9,13-14,20H,2-3,5-6,8,10-11H2,1H3,(H,23,24)/t13-,19+/m0/s1. The van der Waals surface area contributed by atoms with Crippen LogP contribution < -0.4 is 4.72 Å². The molecule has 0 unspecified atom stereocenters. The van der Waals surface area contributed by atoms with Crippen LogP contribution in [0.1, 0.15) is 48.0 Å². The summed E-state index contributed by atoms with van der Waals surface area (Å²) in [6.45, 7) is 2.38. The van der Waals surface area contributed by atoms with E-state index in [0.717, 1.165) is 25.7 Å².